The van der Waals surface area contributed by atoms with Crippen LogP contribution >= 0.6 is 0 Å². The summed E-state index contributed by atoms with van der Waals surface area (Å²) in [6, 6.07) is 13.4. The Bertz CT molecular complexity index is 1450. The van der Waals surface area contributed by atoms with Crippen LogP contribution in [0.4, 0.5) is 25.0 Å². The zero-order valence-corrected chi connectivity index (χ0v) is 24.3. The number of piperidine rings is 2. The first-order valence-electron chi connectivity index (χ1n) is 15.0. The zero-order chi connectivity index (χ0) is 30.2. The fourth-order valence-electron chi connectivity index (χ4n) is 6.64. The maximum atomic E-state index is 13.8. The summed E-state index contributed by atoms with van der Waals surface area (Å²) >= 11 is 0. The van der Waals surface area contributed by atoms with Crippen LogP contribution in [0, 0.1) is 11.3 Å². The summed E-state index contributed by atoms with van der Waals surface area (Å²) in [5.74, 6) is -0.299. The van der Waals surface area contributed by atoms with Crippen molar-refractivity contribution in [2.45, 2.75) is 58.2 Å². The maximum Gasteiger partial charge on any atom is 0.437 e. The molecule has 228 valence electrons. The molecular formula is C32H36F3N5O3. The van der Waals surface area contributed by atoms with Gasteiger partial charge in [-0.05, 0) is 55.2 Å². The lowest BCUT2D eigenvalue weighted by atomic mass is 9.77. The minimum Gasteiger partial charge on any atom is -0.420 e. The molecule has 0 radical (unpaired) electrons. The van der Waals surface area contributed by atoms with Gasteiger partial charge in [0.2, 0.25) is 17.5 Å². The average Bonchev–Trinajstić information content (AvgIpc) is 3.58. The normalized spacial score (nSPS) is 20.7. The second kappa shape index (κ2) is 11.7. The highest BCUT2D eigenvalue weighted by atomic mass is 19.4. The van der Waals surface area contributed by atoms with Crippen molar-refractivity contribution in [1.82, 2.24) is 14.9 Å². The van der Waals surface area contributed by atoms with Gasteiger partial charge in [0.05, 0.1) is 5.41 Å². The smallest absolute Gasteiger partial charge is 0.420 e. The molecule has 1 aromatic carbocycles. The third kappa shape index (κ3) is 6.12. The zero-order valence-electron chi connectivity index (χ0n) is 24.3. The Morgan fingerprint density at radius 2 is 1.74 bits per heavy atom. The minimum absolute atomic E-state index is 0.150. The third-order valence-electron chi connectivity index (χ3n) is 9.10. The molecule has 2 aromatic heterocycles. The number of alkyl halides is 3. The van der Waals surface area contributed by atoms with Gasteiger partial charge in [0, 0.05) is 51.9 Å². The molecule has 3 saturated heterocycles. The lowest BCUT2D eigenvalue weighted by molar-refractivity contribution is -0.141. The first kappa shape index (κ1) is 29.2. The summed E-state index contributed by atoms with van der Waals surface area (Å²) < 4.78 is 46.8. The van der Waals surface area contributed by atoms with Crippen LogP contribution in [0.15, 0.2) is 53.1 Å². The van der Waals surface area contributed by atoms with Crippen molar-refractivity contribution in [3.8, 4) is 0 Å². The van der Waals surface area contributed by atoms with Crippen LogP contribution in [0.2, 0.25) is 0 Å². The van der Waals surface area contributed by atoms with E-state index in [2.05, 4.69) is 14.9 Å². The SMILES string of the molecule is CC1CCCN(c2nc(C(F)(F)F)c(C(=O)Cc3ccc(N4CCC5(CCN(Cc6ccccc6)C5=O)CC4)nc3)o2)C1. The van der Waals surface area contributed by atoms with Crippen LogP contribution in [0.3, 0.4) is 0 Å². The molecule has 1 spiro atoms. The number of amides is 1. The molecule has 0 saturated carbocycles. The molecule has 8 nitrogen and oxygen atoms in total. The lowest BCUT2D eigenvalue weighted by Gasteiger charge is -2.38. The van der Waals surface area contributed by atoms with Crippen LogP contribution < -0.4 is 9.80 Å². The number of hydrogen-bond acceptors (Lipinski definition) is 7. The monoisotopic (exact) mass is 595 g/mol. The van der Waals surface area contributed by atoms with E-state index in [1.165, 1.54) is 6.20 Å². The molecule has 3 fully saturated rings. The van der Waals surface area contributed by atoms with E-state index in [9.17, 15) is 22.8 Å². The maximum absolute atomic E-state index is 13.8. The molecule has 0 aliphatic carbocycles. The summed E-state index contributed by atoms with van der Waals surface area (Å²) in [4.78, 5) is 40.4. The van der Waals surface area contributed by atoms with Crippen molar-refractivity contribution in [3.63, 3.8) is 0 Å². The Hall–Kier alpha value is -3.89. The average molecular weight is 596 g/mol. The number of carbonyl (C=O) groups is 2. The van der Waals surface area contributed by atoms with Crippen molar-refractivity contribution in [2.24, 2.45) is 11.3 Å². The van der Waals surface area contributed by atoms with Gasteiger partial charge >= 0.3 is 6.18 Å². The number of pyridine rings is 1. The van der Waals surface area contributed by atoms with Gasteiger partial charge in [-0.3, -0.25) is 9.59 Å². The Kier molecular flexibility index (Phi) is 7.91. The first-order chi connectivity index (χ1) is 20.6. The molecule has 5 heterocycles. The Labute approximate surface area is 248 Å². The second-order valence-corrected chi connectivity index (χ2v) is 12.2. The standard InChI is InChI=1S/C32H36F3N5O3/c1-22-6-5-14-40(20-22)30-37-28(32(33,34)35)27(43-30)25(41)18-24-9-10-26(36-19-24)38-15-11-31(12-16-38)13-17-39(29(31)42)21-23-7-3-2-4-8-23/h2-4,7-10,19,22H,5-6,11-18,20-21H2,1H3. The van der Waals surface area contributed by atoms with E-state index >= 15 is 0 Å². The van der Waals surface area contributed by atoms with Gasteiger partial charge in [0.15, 0.2) is 5.69 Å². The van der Waals surface area contributed by atoms with Crippen LogP contribution in [-0.4, -0.2) is 59.3 Å². The summed E-state index contributed by atoms with van der Waals surface area (Å²) in [6.45, 7) is 5.85. The van der Waals surface area contributed by atoms with E-state index in [4.69, 9.17) is 4.42 Å². The topological polar surface area (TPSA) is 82.8 Å². The van der Waals surface area contributed by atoms with Crippen LogP contribution in [-0.2, 0) is 23.9 Å². The number of Topliss-reactive ketones (excluding diaryl/α,β-unsaturated/α-hetero) is 1. The summed E-state index contributed by atoms with van der Waals surface area (Å²) in [6.07, 6.45) is 0.579. The second-order valence-electron chi connectivity index (χ2n) is 12.2. The van der Waals surface area contributed by atoms with Gasteiger partial charge < -0.3 is 19.1 Å². The molecule has 1 atom stereocenters. The number of ketones is 1. The number of likely N-dealkylation sites (tertiary alicyclic amines) is 1. The molecule has 3 aliphatic heterocycles. The number of rotatable bonds is 7. The number of hydrogen-bond donors (Lipinski definition) is 0. The van der Waals surface area contributed by atoms with E-state index in [-0.39, 0.29) is 23.8 Å². The number of anilines is 2. The molecule has 11 heteroatoms. The van der Waals surface area contributed by atoms with Crippen LogP contribution in [0.25, 0.3) is 0 Å². The number of nitrogens with zero attached hydrogens (tertiary/aromatic N) is 5. The minimum atomic E-state index is -4.80. The van der Waals surface area contributed by atoms with Crippen molar-refractivity contribution < 1.29 is 27.2 Å². The highest BCUT2D eigenvalue weighted by Gasteiger charge is 2.48. The lowest BCUT2D eigenvalue weighted by Crippen LogP contribution is -2.44. The Morgan fingerprint density at radius 1 is 1.00 bits per heavy atom. The predicted molar refractivity (Wildman–Crippen MR) is 155 cm³/mol. The quantitative estimate of drug-likeness (QED) is 0.321. The Balaban J connectivity index is 1.08. The van der Waals surface area contributed by atoms with Crippen molar-refractivity contribution in [1.29, 1.82) is 0 Å². The molecule has 6 rings (SSSR count). The summed E-state index contributed by atoms with van der Waals surface area (Å²) in [5, 5.41) is 0. The Morgan fingerprint density at radius 3 is 2.42 bits per heavy atom. The fourth-order valence-corrected chi connectivity index (χ4v) is 6.64. The van der Waals surface area contributed by atoms with Gasteiger partial charge in [-0.15, -0.1) is 0 Å². The van der Waals surface area contributed by atoms with Gasteiger partial charge in [-0.1, -0.05) is 43.3 Å². The summed E-state index contributed by atoms with van der Waals surface area (Å²) in [5.41, 5.74) is 0.00241. The van der Waals surface area contributed by atoms with Crippen LogP contribution in [0.5, 0.6) is 0 Å². The number of aromatic nitrogens is 2. The molecule has 3 aromatic rings. The number of halogens is 3. The molecule has 3 aliphatic rings. The molecule has 0 N–H and O–H groups in total. The number of carbonyl (C=O) groups excluding carboxylic acids is 2. The largest absolute Gasteiger partial charge is 0.437 e. The molecule has 0 bridgehead atoms. The van der Waals surface area contributed by atoms with Gasteiger partial charge in [-0.25, -0.2) is 4.98 Å². The van der Waals surface area contributed by atoms with Crippen molar-refractivity contribution >= 4 is 23.5 Å². The van der Waals surface area contributed by atoms with Crippen molar-refractivity contribution in [3.05, 3.63) is 71.2 Å². The van der Waals surface area contributed by atoms with E-state index < -0.39 is 23.4 Å². The van der Waals surface area contributed by atoms with Gasteiger partial charge in [0.25, 0.3) is 6.01 Å². The molecule has 43 heavy (non-hydrogen) atoms. The third-order valence-corrected chi connectivity index (χ3v) is 9.10. The highest BCUT2D eigenvalue weighted by molar-refractivity contribution is 5.96. The van der Waals surface area contributed by atoms with E-state index in [0.29, 0.717) is 44.2 Å². The first-order valence-corrected chi connectivity index (χ1v) is 15.0. The number of oxazole rings is 1. The van der Waals surface area contributed by atoms with Crippen molar-refractivity contribution in [2.75, 3.05) is 42.5 Å². The van der Waals surface area contributed by atoms with Crippen LogP contribution in [0.1, 0.15) is 66.4 Å². The van der Waals surface area contributed by atoms with E-state index in [1.807, 2.05) is 42.2 Å². The summed E-state index contributed by atoms with van der Waals surface area (Å²) in [7, 11) is 0. The molecular weight excluding hydrogens is 559 g/mol. The van der Waals surface area contributed by atoms with E-state index in [1.54, 1.807) is 17.0 Å². The molecule has 1 amide bonds. The molecule has 1 unspecified atom stereocenters. The highest BCUT2D eigenvalue weighted by Crippen LogP contribution is 2.43. The predicted octanol–water partition coefficient (Wildman–Crippen LogP) is 5.77. The van der Waals surface area contributed by atoms with Gasteiger partial charge in [0.1, 0.15) is 5.82 Å². The fraction of sp³-hybridized carbons (Fsp3) is 0.500. The van der Waals surface area contributed by atoms with E-state index in [0.717, 1.165) is 50.0 Å². The van der Waals surface area contributed by atoms with Gasteiger partial charge in [-0.2, -0.15) is 18.2 Å². The number of benzene rings is 1.